The van der Waals surface area contributed by atoms with Gasteiger partial charge in [-0.3, -0.25) is 0 Å². The van der Waals surface area contributed by atoms with E-state index in [1.54, 1.807) is 18.2 Å². The van der Waals surface area contributed by atoms with Crippen molar-refractivity contribution >= 4 is 21.9 Å². The molecule has 0 heterocycles. The molecule has 2 N–H and O–H groups in total. The third-order valence-corrected chi connectivity index (χ3v) is 3.46. The Hall–Kier alpha value is -2.01. The highest BCUT2D eigenvalue weighted by atomic mass is 79.9. The van der Waals surface area contributed by atoms with Crippen molar-refractivity contribution in [2.75, 3.05) is 0 Å². The Morgan fingerprint density at radius 3 is 2.25 bits per heavy atom. The molecule has 5 heteroatoms. The van der Waals surface area contributed by atoms with Crippen LogP contribution >= 0.6 is 15.9 Å². The smallest absolute Gasteiger partial charge is 0.335 e. The molecule has 4 nitrogen and oxygen atoms in total. The summed E-state index contributed by atoms with van der Waals surface area (Å²) in [5.41, 5.74) is 1.79. The molecule has 0 saturated heterocycles. The molecule has 0 aromatic heterocycles. The maximum atomic E-state index is 10.9. The fraction of sp³-hybridized carbons (Fsp3) is 0.133. The Labute approximate surface area is 124 Å². The predicted molar refractivity (Wildman–Crippen MR) is 78.8 cm³/mol. The summed E-state index contributed by atoms with van der Waals surface area (Å²) >= 11 is 3.30. The second-order valence-corrected chi connectivity index (χ2v) is 5.32. The van der Waals surface area contributed by atoms with E-state index in [0.717, 1.165) is 11.1 Å². The van der Waals surface area contributed by atoms with E-state index in [1.165, 1.54) is 12.1 Å². The highest BCUT2D eigenvalue weighted by Gasteiger charge is 2.12. The van der Waals surface area contributed by atoms with Gasteiger partial charge in [0.1, 0.15) is 17.2 Å². The molecule has 104 valence electrons. The minimum atomic E-state index is -0.991. The number of benzene rings is 2. The summed E-state index contributed by atoms with van der Waals surface area (Å²) < 4.78 is 6.37. The van der Waals surface area contributed by atoms with Crippen LogP contribution in [0, 0.1) is 13.8 Å². The second kappa shape index (κ2) is 5.54. The van der Waals surface area contributed by atoms with Crippen molar-refractivity contribution in [1.29, 1.82) is 0 Å². The van der Waals surface area contributed by atoms with Crippen LogP contribution in [0.5, 0.6) is 17.2 Å². The largest absolute Gasteiger partial charge is 0.508 e. The van der Waals surface area contributed by atoms with Gasteiger partial charge in [-0.15, -0.1) is 0 Å². The molecule has 20 heavy (non-hydrogen) atoms. The molecule has 0 aliphatic heterocycles. The van der Waals surface area contributed by atoms with Crippen molar-refractivity contribution in [3.63, 3.8) is 0 Å². The van der Waals surface area contributed by atoms with Crippen LogP contribution in [-0.4, -0.2) is 16.2 Å². The molecule has 0 amide bonds. The van der Waals surface area contributed by atoms with Crippen molar-refractivity contribution in [2.24, 2.45) is 0 Å². The van der Waals surface area contributed by atoms with Crippen molar-refractivity contribution in [3.8, 4) is 17.2 Å². The number of rotatable bonds is 3. The molecule has 0 saturated carbocycles. The Morgan fingerprint density at radius 1 is 1.15 bits per heavy atom. The average molecular weight is 337 g/mol. The van der Waals surface area contributed by atoms with Crippen molar-refractivity contribution in [3.05, 3.63) is 51.5 Å². The summed E-state index contributed by atoms with van der Waals surface area (Å²) in [6.07, 6.45) is 0. The fourth-order valence-electron chi connectivity index (χ4n) is 1.91. The van der Waals surface area contributed by atoms with Crippen LogP contribution in [0.25, 0.3) is 0 Å². The third-order valence-electron chi connectivity index (χ3n) is 2.84. The first-order chi connectivity index (χ1) is 9.38. The van der Waals surface area contributed by atoms with Crippen LogP contribution in [0.2, 0.25) is 0 Å². The van der Waals surface area contributed by atoms with Crippen LogP contribution < -0.4 is 4.74 Å². The summed E-state index contributed by atoms with van der Waals surface area (Å²) in [7, 11) is 0. The molecule has 0 aliphatic rings. The number of aryl methyl sites for hydroxylation is 2. The van der Waals surface area contributed by atoms with Gasteiger partial charge in [0.05, 0.1) is 10.0 Å². The maximum absolute atomic E-state index is 10.9. The molecule has 2 aromatic carbocycles. The first-order valence-electron chi connectivity index (χ1n) is 5.89. The first kappa shape index (κ1) is 14.4. The summed E-state index contributed by atoms with van der Waals surface area (Å²) in [5, 5.41) is 18.4. The molecule has 0 atom stereocenters. The molecule has 2 aromatic rings. The van der Waals surface area contributed by atoms with E-state index < -0.39 is 5.97 Å². The van der Waals surface area contributed by atoms with Gasteiger partial charge in [0.2, 0.25) is 0 Å². The lowest BCUT2D eigenvalue weighted by atomic mass is 10.1. The summed E-state index contributed by atoms with van der Waals surface area (Å²) in [6, 6.07) is 7.79. The number of halogens is 1. The van der Waals surface area contributed by atoms with Gasteiger partial charge in [0.25, 0.3) is 0 Å². The van der Waals surface area contributed by atoms with Gasteiger partial charge in [0.15, 0.2) is 0 Å². The minimum absolute atomic E-state index is 0.184. The Morgan fingerprint density at radius 2 is 1.75 bits per heavy atom. The summed E-state index contributed by atoms with van der Waals surface area (Å²) in [6.45, 7) is 3.67. The Kier molecular flexibility index (Phi) is 3.99. The number of carbonyl (C=O) groups is 1. The van der Waals surface area contributed by atoms with Crippen molar-refractivity contribution in [1.82, 2.24) is 0 Å². The molecular formula is C15H13BrO4. The zero-order chi connectivity index (χ0) is 14.9. The molecule has 0 unspecified atom stereocenters. The number of phenols is 1. The first-order valence-corrected chi connectivity index (χ1v) is 6.68. The zero-order valence-electron chi connectivity index (χ0n) is 11.0. The average Bonchev–Trinajstić information content (AvgIpc) is 2.34. The standard InChI is InChI=1S/C15H13BrO4/c1-8-5-11(17)6-9(2)14(8)20-13-4-3-10(15(18)19)7-12(13)16/h3-7,17H,1-2H3,(H,18,19). The van der Waals surface area contributed by atoms with Crippen LogP contribution in [0.4, 0.5) is 0 Å². The predicted octanol–water partition coefficient (Wildman–Crippen LogP) is 4.26. The van der Waals surface area contributed by atoms with Gasteiger partial charge in [-0.25, -0.2) is 4.79 Å². The Bertz CT molecular complexity index is 657. The minimum Gasteiger partial charge on any atom is -0.508 e. The van der Waals surface area contributed by atoms with Gasteiger partial charge in [-0.05, 0) is 71.2 Å². The van der Waals surface area contributed by atoms with E-state index in [-0.39, 0.29) is 11.3 Å². The van der Waals surface area contributed by atoms with E-state index in [2.05, 4.69) is 15.9 Å². The number of hydrogen-bond donors (Lipinski definition) is 2. The van der Waals surface area contributed by atoms with Gasteiger partial charge in [-0.2, -0.15) is 0 Å². The lowest BCUT2D eigenvalue weighted by Gasteiger charge is -2.13. The maximum Gasteiger partial charge on any atom is 0.335 e. The van der Waals surface area contributed by atoms with Gasteiger partial charge >= 0.3 is 5.97 Å². The fourth-order valence-corrected chi connectivity index (χ4v) is 2.37. The van der Waals surface area contributed by atoms with Crippen LogP contribution in [0.1, 0.15) is 21.5 Å². The number of carboxylic acids is 1. The number of aromatic carboxylic acids is 1. The Balaban J connectivity index is 2.38. The van der Waals surface area contributed by atoms with Crippen molar-refractivity contribution in [2.45, 2.75) is 13.8 Å². The van der Waals surface area contributed by atoms with E-state index >= 15 is 0 Å². The van der Waals surface area contributed by atoms with Gasteiger partial charge < -0.3 is 14.9 Å². The van der Waals surface area contributed by atoms with Gasteiger partial charge in [-0.1, -0.05) is 0 Å². The topological polar surface area (TPSA) is 66.8 Å². The number of hydrogen-bond acceptors (Lipinski definition) is 3. The number of phenolic OH excluding ortho intramolecular Hbond substituents is 1. The molecular weight excluding hydrogens is 324 g/mol. The number of ether oxygens (including phenoxy) is 1. The zero-order valence-corrected chi connectivity index (χ0v) is 12.6. The SMILES string of the molecule is Cc1cc(O)cc(C)c1Oc1ccc(C(=O)O)cc1Br. The van der Waals surface area contributed by atoms with Gasteiger partial charge in [0, 0.05) is 0 Å². The number of carboxylic acid groups (broad SMARTS) is 1. The summed E-state index contributed by atoms with van der Waals surface area (Å²) in [5.74, 6) is 0.361. The number of aromatic hydroxyl groups is 1. The molecule has 0 fully saturated rings. The van der Waals surface area contributed by atoms with E-state index in [9.17, 15) is 9.90 Å². The lowest BCUT2D eigenvalue weighted by molar-refractivity contribution is 0.0697. The molecule has 0 radical (unpaired) electrons. The molecule has 2 rings (SSSR count). The summed E-state index contributed by atoms with van der Waals surface area (Å²) in [4.78, 5) is 10.9. The van der Waals surface area contributed by atoms with Crippen LogP contribution in [-0.2, 0) is 0 Å². The van der Waals surface area contributed by atoms with E-state index in [4.69, 9.17) is 9.84 Å². The molecule has 0 aliphatic carbocycles. The monoisotopic (exact) mass is 336 g/mol. The van der Waals surface area contributed by atoms with Crippen molar-refractivity contribution < 1.29 is 19.7 Å². The van der Waals surface area contributed by atoms with E-state index in [1.807, 2.05) is 13.8 Å². The van der Waals surface area contributed by atoms with Crippen LogP contribution in [0.3, 0.4) is 0 Å². The second-order valence-electron chi connectivity index (χ2n) is 4.46. The highest BCUT2D eigenvalue weighted by Crippen LogP contribution is 2.35. The molecule has 0 bridgehead atoms. The molecule has 0 spiro atoms. The quantitative estimate of drug-likeness (QED) is 0.878. The normalized spacial score (nSPS) is 10.3. The van der Waals surface area contributed by atoms with E-state index in [0.29, 0.717) is 16.0 Å². The highest BCUT2D eigenvalue weighted by molar-refractivity contribution is 9.10. The van der Waals surface area contributed by atoms with Crippen LogP contribution in [0.15, 0.2) is 34.8 Å². The third kappa shape index (κ3) is 2.93. The lowest BCUT2D eigenvalue weighted by Crippen LogP contribution is -1.97.